The number of amides is 1. The number of hydrogen-bond donors (Lipinski definition) is 1. The number of hydrogen-bond acceptors (Lipinski definition) is 4. The van der Waals surface area contributed by atoms with E-state index in [1.54, 1.807) is 29.5 Å². The third-order valence-electron chi connectivity index (χ3n) is 4.44. The number of halogens is 1. The Morgan fingerprint density at radius 2 is 1.90 bits per heavy atom. The second kappa shape index (κ2) is 8.64. The lowest BCUT2D eigenvalue weighted by atomic mass is 10.1. The SMILES string of the molecule is CCOc1ccc(C(=O)NCc2ccc(-c3nc4ccccc4s3)cc2)cc1Cl. The largest absolute Gasteiger partial charge is 0.492 e. The van der Waals surface area contributed by atoms with Gasteiger partial charge in [0.05, 0.1) is 21.8 Å². The minimum Gasteiger partial charge on any atom is -0.492 e. The smallest absolute Gasteiger partial charge is 0.251 e. The molecule has 0 saturated heterocycles. The lowest BCUT2D eigenvalue weighted by molar-refractivity contribution is 0.0951. The third-order valence-corrected chi connectivity index (χ3v) is 5.82. The van der Waals surface area contributed by atoms with E-state index in [0.29, 0.717) is 29.5 Å². The van der Waals surface area contributed by atoms with Gasteiger partial charge in [-0.25, -0.2) is 4.98 Å². The first-order chi connectivity index (χ1) is 14.1. The molecule has 0 atom stereocenters. The molecule has 4 nitrogen and oxygen atoms in total. The van der Waals surface area contributed by atoms with Gasteiger partial charge in [-0.2, -0.15) is 0 Å². The summed E-state index contributed by atoms with van der Waals surface area (Å²) in [5.74, 6) is 0.404. The summed E-state index contributed by atoms with van der Waals surface area (Å²) in [5.41, 5.74) is 3.60. The van der Waals surface area contributed by atoms with Gasteiger partial charge in [0, 0.05) is 17.7 Å². The lowest BCUT2D eigenvalue weighted by Gasteiger charge is -2.09. The van der Waals surface area contributed by atoms with E-state index in [0.717, 1.165) is 21.7 Å². The summed E-state index contributed by atoms with van der Waals surface area (Å²) in [6, 6.07) is 21.2. The summed E-state index contributed by atoms with van der Waals surface area (Å²) in [6.07, 6.45) is 0. The molecule has 3 aromatic carbocycles. The van der Waals surface area contributed by atoms with Crippen molar-refractivity contribution in [3.63, 3.8) is 0 Å². The van der Waals surface area contributed by atoms with Crippen LogP contribution in [0.15, 0.2) is 66.7 Å². The average molecular weight is 423 g/mol. The summed E-state index contributed by atoms with van der Waals surface area (Å²) < 4.78 is 6.57. The van der Waals surface area contributed by atoms with E-state index in [9.17, 15) is 4.79 Å². The normalized spacial score (nSPS) is 10.8. The second-order valence-electron chi connectivity index (χ2n) is 6.44. The predicted octanol–water partition coefficient (Wildman–Crippen LogP) is 5.95. The molecule has 6 heteroatoms. The highest BCUT2D eigenvalue weighted by molar-refractivity contribution is 7.21. The van der Waals surface area contributed by atoms with Crippen molar-refractivity contribution >= 4 is 39.1 Å². The third kappa shape index (κ3) is 4.42. The van der Waals surface area contributed by atoms with Crippen LogP contribution in [0.3, 0.4) is 0 Å². The Morgan fingerprint density at radius 3 is 2.62 bits per heavy atom. The molecule has 1 N–H and O–H groups in total. The van der Waals surface area contributed by atoms with Crippen LogP contribution in [0, 0.1) is 0 Å². The Balaban J connectivity index is 1.41. The van der Waals surface area contributed by atoms with E-state index >= 15 is 0 Å². The van der Waals surface area contributed by atoms with Gasteiger partial charge in [-0.15, -0.1) is 11.3 Å². The fourth-order valence-corrected chi connectivity index (χ4v) is 4.17. The topological polar surface area (TPSA) is 51.2 Å². The van der Waals surface area contributed by atoms with Gasteiger partial charge in [-0.1, -0.05) is 48.0 Å². The zero-order chi connectivity index (χ0) is 20.2. The Hall–Kier alpha value is -2.89. The van der Waals surface area contributed by atoms with Gasteiger partial charge in [0.15, 0.2) is 0 Å². The number of nitrogens with one attached hydrogen (secondary N) is 1. The molecular weight excluding hydrogens is 404 g/mol. The highest BCUT2D eigenvalue weighted by Crippen LogP contribution is 2.30. The summed E-state index contributed by atoms with van der Waals surface area (Å²) in [6.45, 7) is 2.85. The Labute approximate surface area is 178 Å². The summed E-state index contributed by atoms with van der Waals surface area (Å²) in [5, 5.41) is 4.34. The van der Waals surface area contributed by atoms with Crippen molar-refractivity contribution in [2.75, 3.05) is 6.61 Å². The summed E-state index contributed by atoms with van der Waals surface area (Å²) in [7, 11) is 0. The summed E-state index contributed by atoms with van der Waals surface area (Å²) >= 11 is 7.84. The fraction of sp³-hybridized carbons (Fsp3) is 0.130. The molecule has 4 rings (SSSR count). The zero-order valence-corrected chi connectivity index (χ0v) is 17.4. The second-order valence-corrected chi connectivity index (χ2v) is 7.88. The fourth-order valence-electron chi connectivity index (χ4n) is 2.96. The molecule has 1 amide bonds. The van der Waals surface area contributed by atoms with Gasteiger partial charge in [0.1, 0.15) is 10.8 Å². The lowest BCUT2D eigenvalue weighted by Crippen LogP contribution is -2.22. The van der Waals surface area contributed by atoms with E-state index in [4.69, 9.17) is 16.3 Å². The van der Waals surface area contributed by atoms with Gasteiger partial charge < -0.3 is 10.1 Å². The number of para-hydroxylation sites is 1. The van der Waals surface area contributed by atoms with Crippen molar-refractivity contribution in [1.82, 2.24) is 10.3 Å². The van der Waals surface area contributed by atoms with Crippen LogP contribution in [0.5, 0.6) is 5.75 Å². The molecule has 0 fully saturated rings. The molecule has 0 unspecified atom stereocenters. The molecule has 146 valence electrons. The molecule has 0 aliphatic carbocycles. The van der Waals surface area contributed by atoms with Crippen molar-refractivity contribution < 1.29 is 9.53 Å². The van der Waals surface area contributed by atoms with E-state index in [1.165, 1.54) is 4.70 Å². The molecule has 0 saturated carbocycles. The van der Waals surface area contributed by atoms with Crippen LogP contribution >= 0.6 is 22.9 Å². The van der Waals surface area contributed by atoms with Crippen LogP contribution in [0.25, 0.3) is 20.8 Å². The highest BCUT2D eigenvalue weighted by Gasteiger charge is 2.10. The molecule has 4 aromatic rings. The van der Waals surface area contributed by atoms with Crippen LogP contribution in [0.1, 0.15) is 22.8 Å². The molecular formula is C23H19ClN2O2S. The van der Waals surface area contributed by atoms with Gasteiger partial charge in [0.25, 0.3) is 5.91 Å². The number of rotatable bonds is 6. The Morgan fingerprint density at radius 1 is 1.10 bits per heavy atom. The number of aromatic nitrogens is 1. The quantitative estimate of drug-likeness (QED) is 0.418. The van der Waals surface area contributed by atoms with Crippen LogP contribution < -0.4 is 10.1 Å². The molecule has 0 spiro atoms. The highest BCUT2D eigenvalue weighted by atomic mass is 35.5. The molecule has 0 radical (unpaired) electrons. The van der Waals surface area contributed by atoms with Crippen molar-refractivity contribution in [3.05, 3.63) is 82.9 Å². The number of ether oxygens (including phenoxy) is 1. The first-order valence-corrected chi connectivity index (χ1v) is 10.5. The number of carbonyl (C=O) groups excluding carboxylic acids is 1. The van der Waals surface area contributed by atoms with Gasteiger partial charge >= 0.3 is 0 Å². The van der Waals surface area contributed by atoms with Gasteiger partial charge in [-0.3, -0.25) is 4.79 Å². The molecule has 0 aliphatic heterocycles. The maximum Gasteiger partial charge on any atom is 0.251 e. The maximum atomic E-state index is 12.4. The Bertz CT molecular complexity index is 1120. The average Bonchev–Trinajstić information content (AvgIpc) is 3.18. The van der Waals surface area contributed by atoms with E-state index in [2.05, 4.69) is 16.4 Å². The molecule has 1 heterocycles. The Kier molecular flexibility index (Phi) is 5.79. The number of thiazole rings is 1. The monoisotopic (exact) mass is 422 g/mol. The van der Waals surface area contributed by atoms with E-state index in [-0.39, 0.29) is 5.91 Å². The first-order valence-electron chi connectivity index (χ1n) is 9.29. The number of carbonyl (C=O) groups is 1. The number of nitrogens with zero attached hydrogens (tertiary/aromatic N) is 1. The zero-order valence-electron chi connectivity index (χ0n) is 15.8. The van der Waals surface area contributed by atoms with Crippen LogP contribution in [-0.2, 0) is 6.54 Å². The minimum absolute atomic E-state index is 0.176. The van der Waals surface area contributed by atoms with Crippen LogP contribution in [0.4, 0.5) is 0 Å². The standard InChI is InChI=1S/C23H19ClN2O2S/c1-2-28-20-12-11-17(13-18(20)24)22(27)25-14-15-7-9-16(10-8-15)23-26-19-5-3-4-6-21(19)29-23/h3-13H,2,14H2,1H3,(H,25,27). The van der Waals surface area contributed by atoms with Crippen molar-refractivity contribution in [2.24, 2.45) is 0 Å². The van der Waals surface area contributed by atoms with Crippen molar-refractivity contribution in [1.29, 1.82) is 0 Å². The first kappa shape index (κ1) is 19.4. The molecule has 1 aromatic heterocycles. The molecule has 0 bridgehead atoms. The van der Waals surface area contributed by atoms with E-state index < -0.39 is 0 Å². The predicted molar refractivity (Wildman–Crippen MR) is 119 cm³/mol. The summed E-state index contributed by atoms with van der Waals surface area (Å²) in [4.78, 5) is 17.1. The number of benzene rings is 3. The van der Waals surface area contributed by atoms with Crippen LogP contribution in [-0.4, -0.2) is 17.5 Å². The number of fused-ring (bicyclic) bond motifs is 1. The van der Waals surface area contributed by atoms with Crippen molar-refractivity contribution in [2.45, 2.75) is 13.5 Å². The minimum atomic E-state index is -0.176. The van der Waals surface area contributed by atoms with Gasteiger partial charge in [0.2, 0.25) is 0 Å². The van der Waals surface area contributed by atoms with Crippen molar-refractivity contribution in [3.8, 4) is 16.3 Å². The van der Waals surface area contributed by atoms with Gasteiger partial charge in [-0.05, 0) is 42.8 Å². The molecule has 0 aliphatic rings. The van der Waals surface area contributed by atoms with Crippen LogP contribution in [0.2, 0.25) is 5.02 Å². The maximum absolute atomic E-state index is 12.4. The molecule has 29 heavy (non-hydrogen) atoms. The van der Waals surface area contributed by atoms with E-state index in [1.807, 2.05) is 49.4 Å².